The average molecular weight is 332 g/mol. The van der Waals surface area contributed by atoms with Crippen LogP contribution in [0.4, 0.5) is 0 Å². The van der Waals surface area contributed by atoms with E-state index in [-0.39, 0.29) is 41.9 Å². The van der Waals surface area contributed by atoms with Crippen LogP contribution >= 0.6 is 0 Å². The number of hydrogen-bond donors (Lipinski definition) is 4. The van der Waals surface area contributed by atoms with Crippen LogP contribution < -0.4 is 0 Å². The van der Waals surface area contributed by atoms with Crippen molar-refractivity contribution in [1.82, 2.24) is 0 Å². The maximum atomic E-state index is 9.00. The monoisotopic (exact) mass is 330 g/mol. The summed E-state index contributed by atoms with van der Waals surface area (Å²) in [6.07, 6.45) is 0. The molecule has 0 heterocycles. The molecule has 1 rings (SSSR count). The zero-order valence-corrected chi connectivity index (χ0v) is 13.6. The first-order valence-corrected chi connectivity index (χ1v) is 4.13. The second-order valence-corrected chi connectivity index (χ2v) is 2.53. The summed E-state index contributed by atoms with van der Waals surface area (Å²) in [7, 11) is 0. The molecule has 0 fully saturated rings. The molecule has 1 aromatic rings. The molecule has 1 aromatic carbocycles. The van der Waals surface area contributed by atoms with E-state index in [0.29, 0.717) is 0 Å². The predicted octanol–water partition coefficient (Wildman–Crippen LogP) is -0.372. The first-order valence-electron chi connectivity index (χ1n) is 4.13. The molecule has 0 saturated heterocycles. The van der Waals surface area contributed by atoms with Crippen LogP contribution in [0.25, 0.3) is 0 Å². The number of phenols is 2. The summed E-state index contributed by atoms with van der Waals surface area (Å²) in [5.41, 5.74) is 0. The van der Waals surface area contributed by atoms with E-state index in [4.69, 9.17) is 30.0 Å². The Hall–Kier alpha value is -1.70. The molecule has 0 aliphatic carbocycles. The van der Waals surface area contributed by atoms with Gasteiger partial charge in [0, 0.05) is 33.3 Å². The fourth-order valence-corrected chi connectivity index (χ4v) is 0.464. The number of hydrogen-bond acceptors (Lipinski definition) is 4. The van der Waals surface area contributed by atoms with Gasteiger partial charge in [0.15, 0.2) is 11.5 Å². The topological polar surface area (TPSA) is 178 Å². The SMILES string of the molecule is CC(=O)O.CC(=O)O.O.O.Oc1ccccc1O.[Zn]. The van der Waals surface area contributed by atoms with Crippen molar-refractivity contribution >= 4 is 11.9 Å². The van der Waals surface area contributed by atoms with Gasteiger partial charge in [0.1, 0.15) is 0 Å². The van der Waals surface area contributed by atoms with Crippen LogP contribution in [0.2, 0.25) is 0 Å². The summed E-state index contributed by atoms with van der Waals surface area (Å²) < 4.78 is 0. The standard InChI is InChI=1S/C6H6O2.2C2H4O2.2H2O.Zn/c7-5-3-1-2-4-6(5)8;2*1-2(3)4;;;/h1-4,7-8H;2*1H3,(H,3,4);2*1H2;. The fourth-order valence-electron chi connectivity index (χ4n) is 0.464. The summed E-state index contributed by atoms with van der Waals surface area (Å²) in [6, 6.07) is 6.15. The summed E-state index contributed by atoms with van der Waals surface area (Å²) in [6.45, 7) is 2.17. The van der Waals surface area contributed by atoms with Crippen LogP contribution in [0.5, 0.6) is 11.5 Å². The predicted molar refractivity (Wildman–Crippen MR) is 63.6 cm³/mol. The van der Waals surface area contributed by atoms with Gasteiger partial charge in [0.2, 0.25) is 0 Å². The molecule has 8 nitrogen and oxygen atoms in total. The van der Waals surface area contributed by atoms with Gasteiger partial charge in [0.05, 0.1) is 0 Å². The van der Waals surface area contributed by atoms with Crippen molar-refractivity contribution in [2.24, 2.45) is 0 Å². The Morgan fingerprint density at radius 2 is 1.00 bits per heavy atom. The Morgan fingerprint density at radius 1 is 0.842 bits per heavy atom. The molecule has 0 atom stereocenters. The van der Waals surface area contributed by atoms with Gasteiger partial charge in [-0.1, -0.05) is 12.1 Å². The van der Waals surface area contributed by atoms with E-state index in [0.717, 1.165) is 13.8 Å². The second kappa shape index (κ2) is 18.7. The number of aliphatic carboxylic acids is 2. The average Bonchev–Trinajstić information content (AvgIpc) is 2.08. The Kier molecular flexibility index (Phi) is 29.8. The van der Waals surface area contributed by atoms with Gasteiger partial charge >= 0.3 is 0 Å². The van der Waals surface area contributed by atoms with Gasteiger partial charge in [-0.05, 0) is 12.1 Å². The summed E-state index contributed by atoms with van der Waals surface area (Å²) >= 11 is 0. The van der Waals surface area contributed by atoms with Crippen molar-refractivity contribution in [2.75, 3.05) is 0 Å². The van der Waals surface area contributed by atoms with Gasteiger partial charge in [-0.15, -0.1) is 0 Å². The summed E-state index contributed by atoms with van der Waals surface area (Å²) in [5, 5.41) is 32.2. The maximum absolute atomic E-state index is 9.00. The van der Waals surface area contributed by atoms with E-state index < -0.39 is 11.9 Å². The Bertz CT molecular complexity index is 301. The van der Waals surface area contributed by atoms with Crippen molar-refractivity contribution < 1.29 is 60.4 Å². The fraction of sp³-hybridized carbons (Fsp3) is 0.200. The van der Waals surface area contributed by atoms with Crippen LogP contribution in [0.3, 0.4) is 0 Å². The van der Waals surface area contributed by atoms with Crippen molar-refractivity contribution in [2.45, 2.75) is 13.8 Å². The molecule has 0 amide bonds. The molecule has 19 heavy (non-hydrogen) atoms. The Balaban J connectivity index is -0.0000000526. The second-order valence-electron chi connectivity index (χ2n) is 2.53. The van der Waals surface area contributed by atoms with Crippen LogP contribution in [-0.4, -0.2) is 43.3 Å². The molecule has 0 unspecified atom stereocenters. The van der Waals surface area contributed by atoms with Crippen LogP contribution in [0.15, 0.2) is 24.3 Å². The first kappa shape index (κ1) is 30.4. The van der Waals surface area contributed by atoms with E-state index in [9.17, 15) is 0 Å². The van der Waals surface area contributed by atoms with Crippen LogP contribution in [-0.2, 0) is 29.1 Å². The van der Waals surface area contributed by atoms with Gasteiger partial charge < -0.3 is 31.4 Å². The zero-order chi connectivity index (χ0) is 13.1. The van der Waals surface area contributed by atoms with E-state index in [2.05, 4.69) is 0 Å². The number of phenolic OH excluding ortho intramolecular Hbond substituents is 2. The molecular weight excluding hydrogens is 313 g/mol. The molecular formula is C10H18O8Zn. The minimum absolute atomic E-state index is 0. The van der Waals surface area contributed by atoms with Gasteiger partial charge in [-0.25, -0.2) is 0 Å². The normalized spacial score (nSPS) is 6.42. The molecule has 0 radical (unpaired) electrons. The first-order chi connectivity index (χ1) is 7.27. The number of para-hydroxylation sites is 2. The molecule has 9 heteroatoms. The van der Waals surface area contributed by atoms with Crippen LogP contribution in [0, 0.1) is 0 Å². The molecule has 0 aliphatic rings. The van der Waals surface area contributed by atoms with Crippen LogP contribution in [0.1, 0.15) is 13.8 Å². The number of carboxylic acid groups (broad SMARTS) is 2. The molecule has 0 bridgehead atoms. The van der Waals surface area contributed by atoms with E-state index in [1.54, 1.807) is 12.1 Å². The number of benzene rings is 1. The largest absolute Gasteiger partial charge is 0.504 e. The van der Waals surface area contributed by atoms with Crippen molar-refractivity contribution in [3.63, 3.8) is 0 Å². The summed E-state index contributed by atoms with van der Waals surface area (Å²) in [5.74, 6) is -1.82. The molecule has 108 valence electrons. The summed E-state index contributed by atoms with van der Waals surface area (Å²) in [4.78, 5) is 18.0. The molecule has 0 aromatic heterocycles. The Labute approximate surface area is 122 Å². The third-order valence-corrected chi connectivity index (χ3v) is 0.882. The van der Waals surface area contributed by atoms with Crippen molar-refractivity contribution in [1.29, 1.82) is 0 Å². The minimum atomic E-state index is -0.833. The number of aromatic hydroxyl groups is 2. The van der Waals surface area contributed by atoms with Crippen molar-refractivity contribution in [3.05, 3.63) is 24.3 Å². The molecule has 0 aliphatic heterocycles. The number of carboxylic acids is 2. The molecule has 0 spiro atoms. The molecule has 0 saturated carbocycles. The van der Waals surface area contributed by atoms with E-state index in [1.165, 1.54) is 12.1 Å². The van der Waals surface area contributed by atoms with Crippen molar-refractivity contribution in [3.8, 4) is 11.5 Å². The van der Waals surface area contributed by atoms with Gasteiger partial charge in [-0.3, -0.25) is 9.59 Å². The minimum Gasteiger partial charge on any atom is -0.504 e. The maximum Gasteiger partial charge on any atom is 0.300 e. The number of rotatable bonds is 0. The van der Waals surface area contributed by atoms with Gasteiger partial charge in [0.25, 0.3) is 11.9 Å². The van der Waals surface area contributed by atoms with Gasteiger partial charge in [-0.2, -0.15) is 0 Å². The number of carbonyl (C=O) groups is 2. The zero-order valence-electron chi connectivity index (χ0n) is 10.6. The Morgan fingerprint density at radius 3 is 1.11 bits per heavy atom. The quantitative estimate of drug-likeness (QED) is 0.372. The van der Waals surface area contributed by atoms with E-state index >= 15 is 0 Å². The molecule has 8 N–H and O–H groups in total. The van der Waals surface area contributed by atoms with E-state index in [1.807, 2.05) is 0 Å². The third-order valence-electron chi connectivity index (χ3n) is 0.882. The third kappa shape index (κ3) is 38.5. The smallest absolute Gasteiger partial charge is 0.300 e.